The number of fused-ring (bicyclic) bond motifs is 1. The average molecular weight is 406 g/mol. The third-order valence-corrected chi connectivity index (χ3v) is 6.67. The number of non-ortho nitro benzene ring substituents is 1. The number of nitro benzene ring substituents is 1. The van der Waals surface area contributed by atoms with E-state index in [1.54, 1.807) is 0 Å². The molecular formula is C18H15FN2O6S. The zero-order chi connectivity index (χ0) is 20.1. The Kier molecular flexibility index (Phi) is 4.30. The molecule has 2 aliphatic rings. The second kappa shape index (κ2) is 6.55. The van der Waals surface area contributed by atoms with E-state index in [9.17, 15) is 27.7 Å². The quantitative estimate of drug-likeness (QED) is 0.571. The van der Waals surface area contributed by atoms with Gasteiger partial charge in [0.1, 0.15) is 17.3 Å². The molecule has 0 radical (unpaired) electrons. The molecule has 0 saturated carbocycles. The number of anilines is 1. The Morgan fingerprint density at radius 3 is 2.50 bits per heavy atom. The van der Waals surface area contributed by atoms with Crippen LogP contribution in [0.1, 0.15) is 6.42 Å². The Morgan fingerprint density at radius 2 is 1.82 bits per heavy atom. The molecule has 4 rings (SSSR count). The average Bonchev–Trinajstić information content (AvgIpc) is 3.06. The third-order valence-electron chi connectivity index (χ3n) is 4.89. The van der Waals surface area contributed by atoms with Crippen molar-refractivity contribution in [3.8, 4) is 11.5 Å². The second-order valence-corrected chi connectivity index (χ2v) is 9.02. The Morgan fingerprint density at radius 1 is 1.11 bits per heavy atom. The standard InChI is InChI=1S/C18H15FN2O6S/c19-12-1-3-15(4-2-12)27-16-7-13(6-14(8-16)21(23)24)20-17-10-28(25,26)9-11(17)5-18(20)22/h1-4,6-8,11,17H,5,9-10H2/t11-,17-/m1/s1. The van der Waals surface area contributed by atoms with Crippen molar-refractivity contribution < 1.29 is 27.3 Å². The number of hydrogen-bond donors (Lipinski definition) is 0. The molecule has 0 aromatic heterocycles. The van der Waals surface area contributed by atoms with Gasteiger partial charge in [-0.1, -0.05) is 0 Å². The van der Waals surface area contributed by atoms with Gasteiger partial charge in [0, 0.05) is 24.5 Å². The van der Waals surface area contributed by atoms with Crippen LogP contribution in [0.4, 0.5) is 15.8 Å². The van der Waals surface area contributed by atoms with E-state index in [1.807, 2.05) is 0 Å². The maximum atomic E-state index is 13.1. The highest BCUT2D eigenvalue weighted by Crippen LogP contribution is 2.40. The highest BCUT2D eigenvalue weighted by Gasteiger charge is 2.49. The topological polar surface area (TPSA) is 107 Å². The summed E-state index contributed by atoms with van der Waals surface area (Å²) in [7, 11) is -3.25. The molecule has 0 bridgehead atoms. The molecule has 146 valence electrons. The second-order valence-electron chi connectivity index (χ2n) is 6.87. The largest absolute Gasteiger partial charge is 0.457 e. The number of sulfone groups is 1. The van der Waals surface area contributed by atoms with Crippen molar-refractivity contribution in [3.63, 3.8) is 0 Å². The number of halogens is 1. The predicted octanol–water partition coefficient (Wildman–Crippen LogP) is 2.68. The Hall–Kier alpha value is -3.01. The van der Waals surface area contributed by atoms with Crippen LogP contribution in [0.2, 0.25) is 0 Å². The first-order valence-corrected chi connectivity index (χ1v) is 10.3. The van der Waals surface area contributed by atoms with Crippen LogP contribution in [0.25, 0.3) is 0 Å². The van der Waals surface area contributed by atoms with Crippen LogP contribution in [-0.2, 0) is 14.6 Å². The van der Waals surface area contributed by atoms with Gasteiger partial charge in [-0.05, 0) is 24.3 Å². The minimum atomic E-state index is -3.25. The monoisotopic (exact) mass is 406 g/mol. The van der Waals surface area contributed by atoms with E-state index in [2.05, 4.69) is 0 Å². The molecule has 0 aliphatic carbocycles. The summed E-state index contributed by atoms with van der Waals surface area (Å²) < 4.78 is 42.5. The van der Waals surface area contributed by atoms with E-state index in [-0.39, 0.29) is 52.6 Å². The number of nitrogens with zero attached hydrogens (tertiary/aromatic N) is 2. The van der Waals surface area contributed by atoms with E-state index in [4.69, 9.17) is 4.74 Å². The molecule has 2 aromatic carbocycles. The van der Waals surface area contributed by atoms with Crippen molar-refractivity contribution in [2.45, 2.75) is 12.5 Å². The summed E-state index contributed by atoms with van der Waals surface area (Å²) in [5.74, 6) is -0.928. The Labute approximate surface area is 159 Å². The van der Waals surface area contributed by atoms with Gasteiger partial charge in [0.2, 0.25) is 5.91 Å². The number of hydrogen-bond acceptors (Lipinski definition) is 6. The highest BCUT2D eigenvalue weighted by atomic mass is 32.2. The van der Waals surface area contributed by atoms with Gasteiger partial charge in [-0.3, -0.25) is 14.9 Å². The molecule has 2 fully saturated rings. The van der Waals surface area contributed by atoms with E-state index in [0.717, 1.165) is 0 Å². The molecule has 2 saturated heterocycles. The molecule has 0 N–H and O–H groups in total. The first-order chi connectivity index (χ1) is 13.2. The van der Waals surface area contributed by atoms with Crippen LogP contribution in [0.5, 0.6) is 11.5 Å². The normalized spacial score (nSPS) is 22.9. The summed E-state index contributed by atoms with van der Waals surface area (Å²) in [6, 6.07) is 8.43. The molecule has 2 aromatic rings. The molecule has 2 aliphatic heterocycles. The number of ether oxygens (including phenoxy) is 1. The van der Waals surface area contributed by atoms with Crippen LogP contribution >= 0.6 is 0 Å². The zero-order valence-corrected chi connectivity index (χ0v) is 15.3. The maximum Gasteiger partial charge on any atom is 0.275 e. The number of benzene rings is 2. The van der Waals surface area contributed by atoms with Crippen molar-refractivity contribution in [2.75, 3.05) is 16.4 Å². The van der Waals surface area contributed by atoms with Crippen LogP contribution < -0.4 is 9.64 Å². The van der Waals surface area contributed by atoms with Crippen molar-refractivity contribution in [3.05, 3.63) is 58.4 Å². The lowest BCUT2D eigenvalue weighted by atomic mass is 10.0. The maximum absolute atomic E-state index is 13.1. The molecule has 8 nitrogen and oxygen atoms in total. The molecule has 2 atom stereocenters. The minimum Gasteiger partial charge on any atom is -0.457 e. The number of carbonyl (C=O) groups excluding carboxylic acids is 1. The highest BCUT2D eigenvalue weighted by molar-refractivity contribution is 7.91. The third kappa shape index (κ3) is 3.42. The van der Waals surface area contributed by atoms with Crippen molar-refractivity contribution in [1.29, 1.82) is 0 Å². The van der Waals surface area contributed by atoms with Gasteiger partial charge in [0.15, 0.2) is 9.84 Å². The lowest BCUT2D eigenvalue weighted by molar-refractivity contribution is -0.384. The lowest BCUT2D eigenvalue weighted by Gasteiger charge is -2.23. The first kappa shape index (κ1) is 18.4. The molecule has 1 amide bonds. The van der Waals surface area contributed by atoms with Gasteiger partial charge in [-0.2, -0.15) is 0 Å². The van der Waals surface area contributed by atoms with E-state index < -0.39 is 26.6 Å². The summed E-state index contributed by atoms with van der Waals surface area (Å²) in [6.07, 6.45) is 0.0841. The number of amides is 1. The summed E-state index contributed by atoms with van der Waals surface area (Å²) in [4.78, 5) is 24.5. The van der Waals surface area contributed by atoms with Crippen LogP contribution in [0.15, 0.2) is 42.5 Å². The number of carbonyl (C=O) groups is 1. The molecule has 10 heteroatoms. The first-order valence-electron chi connectivity index (χ1n) is 8.47. The van der Waals surface area contributed by atoms with Gasteiger partial charge >= 0.3 is 0 Å². The molecular weight excluding hydrogens is 391 g/mol. The van der Waals surface area contributed by atoms with E-state index in [1.165, 1.54) is 47.4 Å². The zero-order valence-electron chi connectivity index (χ0n) is 14.4. The minimum absolute atomic E-state index is 0.0617. The van der Waals surface area contributed by atoms with E-state index >= 15 is 0 Å². The predicted molar refractivity (Wildman–Crippen MR) is 97.6 cm³/mol. The fourth-order valence-corrected chi connectivity index (χ4v) is 5.81. The number of rotatable bonds is 4. The van der Waals surface area contributed by atoms with Gasteiger partial charge < -0.3 is 9.64 Å². The smallest absolute Gasteiger partial charge is 0.275 e. The summed E-state index contributed by atoms with van der Waals surface area (Å²) in [5.41, 5.74) is -0.0902. The van der Waals surface area contributed by atoms with Gasteiger partial charge in [0.25, 0.3) is 5.69 Å². The van der Waals surface area contributed by atoms with Crippen molar-refractivity contribution in [2.24, 2.45) is 5.92 Å². The molecule has 28 heavy (non-hydrogen) atoms. The Balaban J connectivity index is 1.72. The SMILES string of the molecule is O=C1C[C@@H]2CS(=O)(=O)C[C@H]2N1c1cc(Oc2ccc(F)cc2)cc([N+](=O)[O-])c1. The van der Waals surface area contributed by atoms with Gasteiger partial charge in [-0.25, -0.2) is 12.8 Å². The van der Waals surface area contributed by atoms with Crippen LogP contribution in [-0.4, -0.2) is 36.8 Å². The molecule has 0 spiro atoms. The van der Waals surface area contributed by atoms with Crippen LogP contribution in [0.3, 0.4) is 0 Å². The Bertz CT molecular complexity index is 1070. The number of nitro groups is 1. The fourth-order valence-electron chi connectivity index (χ4n) is 3.74. The molecule has 2 heterocycles. The van der Waals surface area contributed by atoms with Crippen molar-refractivity contribution in [1.82, 2.24) is 0 Å². The van der Waals surface area contributed by atoms with Gasteiger partial charge in [-0.15, -0.1) is 0 Å². The lowest BCUT2D eigenvalue weighted by Crippen LogP contribution is -2.36. The van der Waals surface area contributed by atoms with Gasteiger partial charge in [0.05, 0.1) is 34.2 Å². The van der Waals surface area contributed by atoms with E-state index in [0.29, 0.717) is 0 Å². The summed E-state index contributed by atoms with van der Waals surface area (Å²) in [5, 5.41) is 11.3. The summed E-state index contributed by atoms with van der Waals surface area (Å²) in [6.45, 7) is 0. The van der Waals surface area contributed by atoms with Crippen molar-refractivity contribution >= 4 is 27.1 Å². The fraction of sp³-hybridized carbons (Fsp3) is 0.278. The van der Waals surface area contributed by atoms with Crippen LogP contribution in [0, 0.1) is 21.8 Å². The summed E-state index contributed by atoms with van der Waals surface area (Å²) >= 11 is 0. The molecule has 0 unspecified atom stereocenters.